The number of rotatable bonds is 5. The van der Waals surface area contributed by atoms with E-state index in [1.54, 1.807) is 43.4 Å². The first-order chi connectivity index (χ1) is 14.1. The van der Waals surface area contributed by atoms with E-state index in [1.165, 1.54) is 6.26 Å². The van der Waals surface area contributed by atoms with Crippen LogP contribution in [-0.2, 0) is 0 Å². The van der Waals surface area contributed by atoms with Gasteiger partial charge in [-0.2, -0.15) is 4.98 Å². The van der Waals surface area contributed by atoms with Crippen LogP contribution in [0.15, 0.2) is 34.9 Å². The number of piperidine rings is 1. The first-order valence-electron chi connectivity index (χ1n) is 9.37. The number of anilines is 2. The number of furan rings is 1. The molecule has 1 fully saturated rings. The molecule has 1 saturated heterocycles. The van der Waals surface area contributed by atoms with Gasteiger partial charge < -0.3 is 29.8 Å². The number of amides is 1. The molecule has 0 spiro atoms. The number of nitrogens with two attached hydrogens (primary N) is 1. The quantitative estimate of drug-likeness (QED) is 0.675. The SMILES string of the molecule is COc1cc2nc(NC3CCCN(C(=O)c4ccco4)C3)nc(N)c2cc1OC. The number of benzene rings is 1. The normalized spacial score (nSPS) is 16.6. The average Bonchev–Trinajstić information content (AvgIpc) is 3.27. The summed E-state index contributed by atoms with van der Waals surface area (Å²) in [5.41, 5.74) is 6.80. The van der Waals surface area contributed by atoms with E-state index in [-0.39, 0.29) is 11.9 Å². The van der Waals surface area contributed by atoms with Crippen molar-refractivity contribution >= 4 is 28.6 Å². The zero-order valence-corrected chi connectivity index (χ0v) is 16.3. The molecular weight excluding hydrogens is 374 g/mol. The molecule has 0 aliphatic carbocycles. The summed E-state index contributed by atoms with van der Waals surface area (Å²) in [5.74, 6) is 2.12. The highest BCUT2D eigenvalue weighted by molar-refractivity contribution is 5.92. The number of nitrogens with one attached hydrogen (secondary N) is 1. The molecule has 3 heterocycles. The third kappa shape index (κ3) is 3.75. The summed E-state index contributed by atoms with van der Waals surface area (Å²) < 4.78 is 15.9. The van der Waals surface area contributed by atoms with E-state index in [4.69, 9.17) is 19.6 Å². The largest absolute Gasteiger partial charge is 0.493 e. The van der Waals surface area contributed by atoms with Gasteiger partial charge in [-0.25, -0.2) is 4.98 Å². The van der Waals surface area contributed by atoms with Crippen LogP contribution in [0.3, 0.4) is 0 Å². The summed E-state index contributed by atoms with van der Waals surface area (Å²) in [7, 11) is 3.13. The number of carbonyl (C=O) groups is 1. The first kappa shape index (κ1) is 18.9. The van der Waals surface area contributed by atoms with Gasteiger partial charge in [0.2, 0.25) is 5.95 Å². The molecule has 4 rings (SSSR count). The second-order valence-corrected chi connectivity index (χ2v) is 6.87. The van der Waals surface area contributed by atoms with Gasteiger partial charge in [-0.3, -0.25) is 4.79 Å². The van der Waals surface area contributed by atoms with Crippen molar-refractivity contribution in [3.8, 4) is 11.5 Å². The Balaban J connectivity index is 1.54. The van der Waals surface area contributed by atoms with Crippen LogP contribution in [0.2, 0.25) is 0 Å². The Kier molecular flexibility index (Phi) is 5.11. The molecule has 3 N–H and O–H groups in total. The molecule has 3 aromatic rings. The number of aromatic nitrogens is 2. The van der Waals surface area contributed by atoms with Gasteiger partial charge in [-0.05, 0) is 31.0 Å². The molecule has 9 heteroatoms. The number of ether oxygens (including phenoxy) is 2. The summed E-state index contributed by atoms with van der Waals surface area (Å²) >= 11 is 0. The van der Waals surface area contributed by atoms with Crippen molar-refractivity contribution in [3.05, 3.63) is 36.3 Å². The number of fused-ring (bicyclic) bond motifs is 1. The standard InChI is InChI=1S/C20H23N5O4/c1-27-16-9-13-14(10-17(16)28-2)23-20(24-18(13)21)22-12-5-3-7-25(11-12)19(26)15-6-4-8-29-15/h4,6,8-10,12H,3,5,7,11H2,1-2H3,(H3,21,22,23,24). The molecule has 1 amide bonds. The topological polar surface area (TPSA) is 116 Å². The van der Waals surface area contributed by atoms with Crippen LogP contribution >= 0.6 is 0 Å². The molecule has 0 saturated carbocycles. The van der Waals surface area contributed by atoms with E-state index >= 15 is 0 Å². The number of nitrogens with zero attached hydrogens (tertiary/aromatic N) is 3. The van der Waals surface area contributed by atoms with E-state index in [0.29, 0.717) is 53.0 Å². The molecule has 1 atom stereocenters. The molecular formula is C20H23N5O4. The molecule has 29 heavy (non-hydrogen) atoms. The lowest BCUT2D eigenvalue weighted by molar-refractivity contribution is 0.0682. The Labute approximate surface area is 167 Å². The van der Waals surface area contributed by atoms with Crippen molar-refractivity contribution in [2.45, 2.75) is 18.9 Å². The predicted octanol–water partition coefficient (Wildman–Crippen LogP) is 2.54. The summed E-state index contributed by atoms with van der Waals surface area (Å²) in [5, 5.41) is 4.00. The van der Waals surface area contributed by atoms with Gasteiger partial charge in [0.1, 0.15) is 5.82 Å². The molecule has 1 aromatic carbocycles. The van der Waals surface area contributed by atoms with Crippen LogP contribution < -0.4 is 20.5 Å². The maximum atomic E-state index is 12.5. The monoisotopic (exact) mass is 397 g/mol. The maximum absolute atomic E-state index is 12.5. The van der Waals surface area contributed by atoms with Crippen molar-refractivity contribution in [1.29, 1.82) is 0 Å². The Hall–Kier alpha value is -3.49. The van der Waals surface area contributed by atoms with E-state index in [0.717, 1.165) is 12.8 Å². The second-order valence-electron chi connectivity index (χ2n) is 6.87. The van der Waals surface area contributed by atoms with Gasteiger partial charge in [0.15, 0.2) is 17.3 Å². The molecule has 0 bridgehead atoms. The second kappa shape index (κ2) is 7.86. The fraction of sp³-hybridized carbons (Fsp3) is 0.350. The van der Waals surface area contributed by atoms with Crippen LogP contribution in [-0.4, -0.2) is 54.1 Å². The van der Waals surface area contributed by atoms with Crippen LogP contribution in [0.1, 0.15) is 23.4 Å². The van der Waals surface area contributed by atoms with Crippen LogP contribution in [0.5, 0.6) is 11.5 Å². The molecule has 0 radical (unpaired) electrons. The molecule has 2 aromatic heterocycles. The van der Waals surface area contributed by atoms with E-state index in [1.807, 2.05) is 0 Å². The molecule has 9 nitrogen and oxygen atoms in total. The summed E-state index contributed by atoms with van der Waals surface area (Å²) in [4.78, 5) is 23.3. The lowest BCUT2D eigenvalue weighted by atomic mass is 10.1. The lowest BCUT2D eigenvalue weighted by Crippen LogP contribution is -2.45. The average molecular weight is 397 g/mol. The Bertz CT molecular complexity index is 1020. The number of nitrogen functional groups attached to an aromatic ring is 1. The van der Waals surface area contributed by atoms with E-state index in [9.17, 15) is 4.79 Å². The number of methoxy groups -OCH3 is 2. The van der Waals surface area contributed by atoms with Crippen LogP contribution in [0, 0.1) is 0 Å². The minimum atomic E-state index is -0.114. The highest BCUT2D eigenvalue weighted by Crippen LogP contribution is 2.33. The summed E-state index contributed by atoms with van der Waals surface area (Å²) in [6.45, 7) is 1.22. The van der Waals surface area contributed by atoms with Gasteiger partial charge in [-0.1, -0.05) is 0 Å². The fourth-order valence-corrected chi connectivity index (χ4v) is 3.56. The van der Waals surface area contributed by atoms with E-state index < -0.39 is 0 Å². The summed E-state index contributed by atoms with van der Waals surface area (Å²) in [6, 6.07) is 6.93. The van der Waals surface area contributed by atoms with Gasteiger partial charge in [-0.15, -0.1) is 0 Å². The Morgan fingerprint density at radius 3 is 2.79 bits per heavy atom. The fourth-order valence-electron chi connectivity index (χ4n) is 3.56. The van der Waals surface area contributed by atoms with Crippen molar-refractivity contribution in [2.75, 3.05) is 38.4 Å². The molecule has 1 unspecified atom stereocenters. The minimum absolute atomic E-state index is 0.0136. The number of hydrogen-bond donors (Lipinski definition) is 2. The number of likely N-dealkylation sites (tertiary alicyclic amines) is 1. The smallest absolute Gasteiger partial charge is 0.289 e. The Morgan fingerprint density at radius 1 is 1.28 bits per heavy atom. The zero-order chi connectivity index (χ0) is 20.4. The first-order valence-corrected chi connectivity index (χ1v) is 9.37. The predicted molar refractivity (Wildman–Crippen MR) is 108 cm³/mol. The van der Waals surface area contributed by atoms with Gasteiger partial charge in [0, 0.05) is 30.6 Å². The number of hydrogen-bond acceptors (Lipinski definition) is 8. The number of carbonyl (C=O) groups excluding carboxylic acids is 1. The van der Waals surface area contributed by atoms with Crippen molar-refractivity contribution in [2.24, 2.45) is 0 Å². The van der Waals surface area contributed by atoms with Gasteiger partial charge in [0.05, 0.1) is 26.0 Å². The van der Waals surface area contributed by atoms with E-state index in [2.05, 4.69) is 15.3 Å². The maximum Gasteiger partial charge on any atom is 0.289 e. The van der Waals surface area contributed by atoms with Crippen molar-refractivity contribution in [1.82, 2.24) is 14.9 Å². The van der Waals surface area contributed by atoms with Gasteiger partial charge >= 0.3 is 0 Å². The molecule has 152 valence electrons. The zero-order valence-electron chi connectivity index (χ0n) is 16.3. The minimum Gasteiger partial charge on any atom is -0.493 e. The van der Waals surface area contributed by atoms with Crippen molar-refractivity contribution in [3.63, 3.8) is 0 Å². The van der Waals surface area contributed by atoms with Crippen molar-refractivity contribution < 1.29 is 18.7 Å². The van der Waals surface area contributed by atoms with Crippen LogP contribution in [0.25, 0.3) is 10.9 Å². The highest BCUT2D eigenvalue weighted by Gasteiger charge is 2.26. The third-order valence-corrected chi connectivity index (χ3v) is 5.00. The lowest BCUT2D eigenvalue weighted by Gasteiger charge is -2.32. The summed E-state index contributed by atoms with van der Waals surface area (Å²) in [6.07, 6.45) is 3.27. The van der Waals surface area contributed by atoms with Gasteiger partial charge in [0.25, 0.3) is 5.91 Å². The highest BCUT2D eigenvalue weighted by atomic mass is 16.5. The molecule has 1 aliphatic heterocycles. The molecule has 1 aliphatic rings. The van der Waals surface area contributed by atoms with Crippen LogP contribution in [0.4, 0.5) is 11.8 Å². The Morgan fingerprint density at radius 2 is 2.07 bits per heavy atom. The third-order valence-electron chi connectivity index (χ3n) is 5.00.